The van der Waals surface area contributed by atoms with Crippen molar-refractivity contribution in [3.05, 3.63) is 23.8 Å². The number of benzene rings is 1. The molecular formula is C15H16I2N2O3. The number of furan rings is 2. The molecule has 3 aliphatic rings. The van der Waals surface area contributed by atoms with Gasteiger partial charge in [0.15, 0.2) is 0 Å². The Morgan fingerprint density at radius 2 is 2.09 bits per heavy atom. The Kier molecular flexibility index (Phi) is 2.77. The summed E-state index contributed by atoms with van der Waals surface area (Å²) in [5.41, 5.74) is 2.29. The maximum absolute atomic E-state index is 12.9. The second-order valence-corrected chi connectivity index (χ2v) is 13.0. The fourth-order valence-electron chi connectivity index (χ4n) is 3.51. The second kappa shape index (κ2) is 4.28. The standard InChI is InChI=1S/C15H16I2N2O3/c1-13(16,15-17(18-15)19-15)12(20)22-14(6-2-3-7-14)10-8-9-4-5-11(10)21-9/h4-5,8,18-19H,2-3,6-7H2,1H3. The number of alkyl halides is 2. The number of carbonyl (C=O) groups excluding carboxylic acids is 1. The normalized spacial score (nSPS) is 28.4. The van der Waals surface area contributed by atoms with Gasteiger partial charge in [-0.25, -0.2) is 0 Å². The summed E-state index contributed by atoms with van der Waals surface area (Å²) in [4.78, 5) is 12.9. The molecule has 1 aliphatic carbocycles. The van der Waals surface area contributed by atoms with Crippen molar-refractivity contribution in [1.82, 2.24) is 7.06 Å². The van der Waals surface area contributed by atoms with Gasteiger partial charge in [-0.05, 0) is 0 Å². The topological polar surface area (TPSA) is 83.3 Å². The Labute approximate surface area is 149 Å². The summed E-state index contributed by atoms with van der Waals surface area (Å²) in [6.45, 7) is 1.98. The van der Waals surface area contributed by atoms with Gasteiger partial charge in [0, 0.05) is 0 Å². The van der Waals surface area contributed by atoms with Crippen LogP contribution in [0.2, 0.25) is 0 Å². The molecule has 1 unspecified atom stereocenters. The van der Waals surface area contributed by atoms with E-state index < -0.39 is 29.4 Å². The van der Waals surface area contributed by atoms with Crippen molar-refractivity contribution < 1.29 is 13.9 Å². The molecule has 2 N–H and O–H groups in total. The van der Waals surface area contributed by atoms with E-state index in [9.17, 15) is 4.79 Å². The van der Waals surface area contributed by atoms with E-state index in [1.807, 2.05) is 25.1 Å². The summed E-state index contributed by atoms with van der Waals surface area (Å²) in [5.74, 6) is -0.106. The number of ether oxygens (including phenoxy) is 1. The van der Waals surface area contributed by atoms with Crippen molar-refractivity contribution in [3.8, 4) is 0 Å². The first-order valence-electron chi connectivity index (χ1n) is 7.47. The molecule has 3 fully saturated rings. The van der Waals surface area contributed by atoms with Gasteiger partial charge in [0.2, 0.25) is 0 Å². The number of hydrogen-bond acceptors (Lipinski definition) is 5. The van der Waals surface area contributed by atoms with Crippen LogP contribution in [-0.2, 0) is 15.1 Å². The molecule has 4 heterocycles. The summed E-state index contributed by atoms with van der Waals surface area (Å²) in [5, 5.41) is 0. The van der Waals surface area contributed by atoms with Crippen molar-refractivity contribution in [2.45, 2.75) is 45.3 Å². The zero-order valence-electron chi connectivity index (χ0n) is 12.0. The van der Waals surface area contributed by atoms with Crippen LogP contribution in [0.4, 0.5) is 0 Å². The quantitative estimate of drug-likeness (QED) is 0.159. The van der Waals surface area contributed by atoms with E-state index in [4.69, 9.17) is 9.15 Å². The second-order valence-electron chi connectivity index (χ2n) is 6.48. The fourth-order valence-corrected chi connectivity index (χ4v) is 11.3. The van der Waals surface area contributed by atoms with E-state index >= 15 is 0 Å². The van der Waals surface area contributed by atoms with Crippen LogP contribution < -0.4 is 7.06 Å². The Hall–Kier alpha value is -0.130. The number of fused-ring (bicyclic) bond motifs is 3. The first-order chi connectivity index (χ1) is 10.5. The summed E-state index contributed by atoms with van der Waals surface area (Å²) >= 11 is 1.07. The molecule has 0 aromatic carbocycles. The van der Waals surface area contributed by atoms with E-state index in [2.05, 4.69) is 29.7 Å². The summed E-state index contributed by atoms with van der Waals surface area (Å²) < 4.78 is 18.1. The van der Waals surface area contributed by atoms with Crippen LogP contribution in [0.15, 0.2) is 22.6 Å². The number of rotatable bonds is 4. The molecular weight excluding hydrogens is 510 g/mol. The number of esters is 1. The zero-order chi connectivity index (χ0) is 15.2. The van der Waals surface area contributed by atoms with Gasteiger partial charge in [-0.15, -0.1) is 0 Å². The molecule has 5 nitrogen and oxygen atoms in total. The number of nitrogens with one attached hydrogen (secondary N) is 2. The number of hydrogen-bond donors (Lipinski definition) is 2. The molecule has 22 heavy (non-hydrogen) atoms. The molecule has 2 saturated heterocycles. The third-order valence-electron chi connectivity index (χ3n) is 5.06. The van der Waals surface area contributed by atoms with Crippen molar-refractivity contribution in [3.63, 3.8) is 0 Å². The summed E-state index contributed by atoms with van der Waals surface area (Å²) in [7, 11) is 0. The van der Waals surface area contributed by atoms with Crippen LogP contribution in [0.25, 0.3) is 11.2 Å². The van der Waals surface area contributed by atoms with E-state index in [0.717, 1.165) is 42.4 Å². The van der Waals surface area contributed by atoms with Crippen molar-refractivity contribution in [1.29, 1.82) is 0 Å². The third-order valence-corrected chi connectivity index (χ3v) is 12.2. The Balaban J connectivity index is 1.48. The summed E-state index contributed by atoms with van der Waals surface area (Å²) in [6, 6.07) is 5.99. The fraction of sp³-hybridized carbons (Fsp3) is 0.533. The average Bonchev–Trinajstić information content (AvgIpc) is 3.09. The molecule has 2 aromatic heterocycles. The van der Waals surface area contributed by atoms with Crippen molar-refractivity contribution >= 4 is 60.1 Å². The van der Waals surface area contributed by atoms with Crippen LogP contribution in [0.3, 0.4) is 0 Å². The molecule has 118 valence electrons. The van der Waals surface area contributed by atoms with Crippen LogP contribution in [0.1, 0.15) is 38.2 Å². The van der Waals surface area contributed by atoms with Crippen LogP contribution >= 0.6 is 43.0 Å². The minimum absolute atomic E-state index is 0.0876. The molecule has 1 saturated carbocycles. The van der Waals surface area contributed by atoms with E-state index in [0.29, 0.717) is 0 Å². The van der Waals surface area contributed by atoms with Gasteiger partial charge >= 0.3 is 150 Å². The van der Waals surface area contributed by atoms with E-state index in [1.165, 1.54) is 0 Å². The van der Waals surface area contributed by atoms with Gasteiger partial charge in [0.1, 0.15) is 0 Å². The average molecular weight is 526 g/mol. The zero-order valence-corrected chi connectivity index (χ0v) is 16.4. The molecule has 1 atom stereocenters. The first kappa shape index (κ1) is 14.2. The van der Waals surface area contributed by atoms with E-state index in [-0.39, 0.29) is 9.64 Å². The number of halogens is 2. The predicted molar refractivity (Wildman–Crippen MR) is 99.1 cm³/mol. The van der Waals surface area contributed by atoms with Gasteiger partial charge < -0.3 is 0 Å². The van der Waals surface area contributed by atoms with Gasteiger partial charge in [0.25, 0.3) is 0 Å². The molecule has 7 heteroatoms. The molecule has 0 spiro atoms. The molecule has 0 amide bonds. The van der Waals surface area contributed by atoms with Crippen molar-refractivity contribution in [2.75, 3.05) is 0 Å². The monoisotopic (exact) mass is 526 g/mol. The minimum atomic E-state index is -1.18. The van der Waals surface area contributed by atoms with E-state index in [1.54, 1.807) is 0 Å². The van der Waals surface area contributed by atoms with Crippen molar-refractivity contribution in [2.24, 2.45) is 0 Å². The third kappa shape index (κ3) is 1.73. The van der Waals surface area contributed by atoms with Crippen LogP contribution in [-0.4, -0.2) is 13.1 Å². The molecule has 5 rings (SSSR count). The molecule has 2 bridgehead atoms. The van der Waals surface area contributed by atoms with Crippen LogP contribution in [0.5, 0.6) is 0 Å². The first-order valence-corrected chi connectivity index (χ1v) is 11.8. The van der Waals surface area contributed by atoms with Gasteiger partial charge in [-0.1, -0.05) is 0 Å². The molecule has 0 radical (unpaired) electrons. The van der Waals surface area contributed by atoms with Gasteiger partial charge in [-0.3, -0.25) is 0 Å². The molecule has 2 aliphatic heterocycles. The Morgan fingerprint density at radius 3 is 2.59 bits per heavy atom. The summed E-state index contributed by atoms with van der Waals surface area (Å²) in [6.07, 6.45) is 3.97. The van der Waals surface area contributed by atoms with Crippen LogP contribution in [0, 0.1) is 0 Å². The van der Waals surface area contributed by atoms with Gasteiger partial charge in [-0.2, -0.15) is 0 Å². The maximum atomic E-state index is 12.9. The SMILES string of the molecule is CC(I)(C(=O)OC1(c2cc3ccc2o3)CCCC1)C12NI1N2. The predicted octanol–water partition coefficient (Wildman–Crippen LogP) is 3.57. The Bertz CT molecular complexity index is 759. The Morgan fingerprint density at radius 1 is 1.41 bits per heavy atom. The van der Waals surface area contributed by atoms with Gasteiger partial charge in [0.05, 0.1) is 0 Å². The molecule has 2 aromatic rings. The number of carbonyl (C=O) groups is 1.